The van der Waals surface area contributed by atoms with Gasteiger partial charge in [-0.15, -0.1) is 0 Å². The molecule has 6 nitrogen and oxygen atoms in total. The second-order valence-electron chi connectivity index (χ2n) is 9.88. The molecule has 0 aliphatic rings. The third kappa shape index (κ3) is 10.5. The molecule has 1 aromatic carbocycles. The molecular weight excluding hydrogens is 517 g/mol. The average molecular weight is 552 g/mol. The highest BCUT2D eigenvalue weighted by Crippen LogP contribution is 2.29. The molecule has 1 amide bonds. The number of carbonyl (C=O) groups excluding carboxylic acids is 2. The summed E-state index contributed by atoms with van der Waals surface area (Å²) in [4.78, 5) is 25.2. The molecule has 0 bridgehead atoms. The van der Waals surface area contributed by atoms with Gasteiger partial charge in [0.25, 0.3) is 0 Å². The number of rotatable bonds is 7. The lowest BCUT2D eigenvalue weighted by Crippen LogP contribution is -2.48. The molecule has 0 aromatic heterocycles. The van der Waals surface area contributed by atoms with Gasteiger partial charge in [-0.3, -0.25) is 4.79 Å². The molecule has 164 valence electrons. The predicted octanol–water partition coefficient (Wildman–Crippen LogP) is 5.32. The number of ether oxygens (including phenoxy) is 1. The Bertz CT molecular complexity index is 736. The van der Waals surface area contributed by atoms with E-state index in [1.54, 1.807) is 20.8 Å². The number of alkyl carbamates (subject to hydrolysis) is 1. The smallest absolute Gasteiger partial charge is 0.408 e. The number of carbonyl (C=O) groups is 2. The van der Waals surface area contributed by atoms with E-state index in [1.165, 1.54) is 0 Å². The van der Waals surface area contributed by atoms with Crippen LogP contribution in [0.25, 0.3) is 0 Å². The van der Waals surface area contributed by atoms with Crippen LogP contribution in [0.15, 0.2) is 18.2 Å². The van der Waals surface area contributed by atoms with Crippen LogP contribution in [0, 0.1) is 3.57 Å². The van der Waals surface area contributed by atoms with Gasteiger partial charge in [0.15, 0.2) is 0 Å². The zero-order chi connectivity index (χ0) is 22.6. The number of nitrogens with one attached hydrogen (secondary N) is 1. The van der Waals surface area contributed by atoms with Crippen molar-refractivity contribution in [3.8, 4) is 5.75 Å². The van der Waals surface area contributed by atoms with Gasteiger partial charge in [-0.25, -0.2) is 4.79 Å². The maximum absolute atomic E-state index is 12.9. The van der Waals surface area contributed by atoms with Gasteiger partial charge in [0.2, 0.25) is 16.6 Å². The Morgan fingerprint density at radius 3 is 2.14 bits per heavy atom. The van der Waals surface area contributed by atoms with Crippen LogP contribution >= 0.6 is 22.6 Å². The normalized spacial score (nSPS) is 13.4. The largest absolute Gasteiger partial charge is 0.543 e. The van der Waals surface area contributed by atoms with E-state index in [-0.39, 0.29) is 6.42 Å². The van der Waals surface area contributed by atoms with Gasteiger partial charge in [0.1, 0.15) is 17.4 Å². The van der Waals surface area contributed by atoms with Crippen LogP contribution in [0.2, 0.25) is 39.3 Å². The van der Waals surface area contributed by atoms with Crippen molar-refractivity contribution < 1.29 is 23.2 Å². The van der Waals surface area contributed by atoms with Gasteiger partial charge in [0.05, 0.1) is 3.57 Å². The first-order valence-corrected chi connectivity index (χ1v) is 17.6. The highest BCUT2D eigenvalue weighted by atomic mass is 127. The molecule has 29 heavy (non-hydrogen) atoms. The van der Waals surface area contributed by atoms with Crippen molar-refractivity contribution in [1.29, 1.82) is 0 Å². The highest BCUT2D eigenvalue weighted by Gasteiger charge is 2.31. The summed E-state index contributed by atoms with van der Waals surface area (Å²) >= 11 is 2.23. The summed E-state index contributed by atoms with van der Waals surface area (Å²) in [6, 6.07) is 4.95. The molecule has 0 aliphatic carbocycles. The fraction of sp³-hybridized carbons (Fsp3) is 0.600. The lowest BCUT2D eigenvalue weighted by molar-refractivity contribution is -0.137. The van der Waals surface area contributed by atoms with Gasteiger partial charge in [-0.2, -0.15) is 0 Å². The van der Waals surface area contributed by atoms with Gasteiger partial charge in [0, 0.05) is 6.42 Å². The molecule has 0 saturated heterocycles. The molecule has 0 spiro atoms. The number of hydrogen-bond acceptors (Lipinski definition) is 5. The Morgan fingerprint density at radius 1 is 1.07 bits per heavy atom. The molecule has 1 aromatic rings. The Kier molecular flexibility index (Phi) is 8.79. The molecule has 0 unspecified atom stereocenters. The number of benzene rings is 1. The first kappa shape index (κ1) is 26.0. The number of hydrogen-bond donors (Lipinski definition) is 1. The second kappa shape index (κ2) is 9.82. The summed E-state index contributed by atoms with van der Waals surface area (Å²) in [6.45, 7) is 17.5. The summed E-state index contributed by atoms with van der Waals surface area (Å²) in [7, 11) is -4.00. The second-order valence-corrected chi connectivity index (χ2v) is 19.9. The van der Waals surface area contributed by atoms with Gasteiger partial charge < -0.3 is 18.9 Å². The first-order valence-electron chi connectivity index (χ1n) is 9.66. The van der Waals surface area contributed by atoms with Crippen molar-refractivity contribution in [2.45, 2.75) is 78.1 Å². The summed E-state index contributed by atoms with van der Waals surface area (Å²) in [6.07, 6.45) is -0.382. The Hall–Kier alpha value is -1.08. The maximum atomic E-state index is 12.9. The molecule has 0 heterocycles. The van der Waals surface area contributed by atoms with Crippen molar-refractivity contribution in [2.24, 2.45) is 0 Å². The van der Waals surface area contributed by atoms with E-state index < -0.39 is 40.3 Å². The minimum Gasteiger partial charge on any atom is -0.543 e. The van der Waals surface area contributed by atoms with Crippen LogP contribution in [-0.2, 0) is 20.4 Å². The van der Waals surface area contributed by atoms with E-state index in [9.17, 15) is 9.59 Å². The molecule has 9 heteroatoms. The van der Waals surface area contributed by atoms with Crippen LogP contribution in [0.3, 0.4) is 0 Å². The molecular formula is C20H34INO5Si2. The molecule has 0 aliphatic heterocycles. The molecule has 0 fully saturated rings. The van der Waals surface area contributed by atoms with Crippen LogP contribution in [0.4, 0.5) is 4.79 Å². The third-order valence-corrected chi connectivity index (χ3v) is 5.74. The van der Waals surface area contributed by atoms with Gasteiger partial charge in [-0.1, -0.05) is 12.1 Å². The first-order chi connectivity index (χ1) is 13.0. The predicted molar refractivity (Wildman–Crippen MR) is 129 cm³/mol. The summed E-state index contributed by atoms with van der Waals surface area (Å²) < 4.78 is 18.3. The summed E-state index contributed by atoms with van der Waals surface area (Å²) in [5, 5.41) is 2.69. The molecule has 1 N–H and O–H groups in total. The van der Waals surface area contributed by atoms with Crippen molar-refractivity contribution in [1.82, 2.24) is 5.32 Å². The zero-order valence-electron chi connectivity index (χ0n) is 18.9. The third-order valence-electron chi connectivity index (χ3n) is 3.26. The summed E-state index contributed by atoms with van der Waals surface area (Å²) in [5.74, 6) is 0.317. The highest BCUT2D eigenvalue weighted by molar-refractivity contribution is 14.1. The van der Waals surface area contributed by atoms with Crippen molar-refractivity contribution in [3.63, 3.8) is 0 Å². The lowest BCUT2D eigenvalue weighted by atomic mass is 10.1. The molecule has 1 rings (SSSR count). The lowest BCUT2D eigenvalue weighted by Gasteiger charge is -2.27. The van der Waals surface area contributed by atoms with E-state index in [1.807, 2.05) is 37.8 Å². The van der Waals surface area contributed by atoms with Crippen LogP contribution < -0.4 is 9.74 Å². The van der Waals surface area contributed by atoms with Crippen molar-refractivity contribution in [2.75, 3.05) is 0 Å². The van der Waals surface area contributed by atoms with E-state index in [0.29, 0.717) is 0 Å². The monoisotopic (exact) mass is 551 g/mol. The summed E-state index contributed by atoms with van der Waals surface area (Å²) in [5.41, 5.74) is 0.193. The molecule has 0 radical (unpaired) electrons. The van der Waals surface area contributed by atoms with E-state index in [0.717, 1.165) is 14.9 Å². The quantitative estimate of drug-likeness (QED) is 0.367. The Morgan fingerprint density at radius 2 is 1.66 bits per heavy atom. The van der Waals surface area contributed by atoms with Crippen LogP contribution in [0.5, 0.6) is 5.75 Å². The minimum absolute atomic E-state index is 0.263. The average Bonchev–Trinajstić information content (AvgIpc) is 2.45. The Labute approximate surface area is 190 Å². The van der Waals surface area contributed by atoms with Crippen molar-refractivity contribution >= 4 is 51.3 Å². The van der Waals surface area contributed by atoms with Crippen LogP contribution in [0.1, 0.15) is 26.3 Å². The zero-order valence-corrected chi connectivity index (χ0v) is 23.1. The fourth-order valence-corrected chi connectivity index (χ4v) is 4.84. The Balaban J connectivity index is 3.19. The topological polar surface area (TPSA) is 73.9 Å². The fourth-order valence-electron chi connectivity index (χ4n) is 2.37. The van der Waals surface area contributed by atoms with Crippen molar-refractivity contribution in [3.05, 3.63) is 27.3 Å². The number of para-hydroxylation sites is 1. The maximum Gasteiger partial charge on any atom is 0.408 e. The molecule has 1 atom stereocenters. The number of halogens is 1. The van der Waals surface area contributed by atoms with E-state index >= 15 is 0 Å². The van der Waals surface area contributed by atoms with Gasteiger partial charge in [-0.05, 0) is 94.3 Å². The standard InChI is InChI=1S/C20H34INO5Si2/c1-20(2,3)25-19(24)22-16(18(23)27-29(7,8)9)13-14-11-10-12-15(21)17(14)26-28(4,5)6/h10-12,16H,13H2,1-9H3,(H,22,24)/t16-/m0/s1. The minimum atomic E-state index is -2.13. The van der Waals surface area contributed by atoms with Gasteiger partial charge >= 0.3 is 12.1 Å². The van der Waals surface area contributed by atoms with E-state index in [2.05, 4.69) is 47.5 Å². The number of amides is 1. The van der Waals surface area contributed by atoms with Crippen LogP contribution in [-0.4, -0.2) is 40.3 Å². The SMILES string of the molecule is CC(C)(C)OC(=O)N[C@@H](Cc1cccc(I)c1O[Si](C)(C)C)C(=O)O[Si](C)(C)C. The molecule has 0 saturated carbocycles. The van der Waals surface area contributed by atoms with E-state index in [4.69, 9.17) is 13.6 Å².